The van der Waals surface area contributed by atoms with E-state index in [1.165, 1.54) is 0 Å². The minimum Gasteiger partial charge on any atom is -0.410 e. The van der Waals surface area contributed by atoms with Gasteiger partial charge in [-0.3, -0.25) is 4.79 Å². The van der Waals surface area contributed by atoms with E-state index in [4.69, 9.17) is 15.2 Å². The van der Waals surface area contributed by atoms with Gasteiger partial charge in [-0.15, -0.1) is 5.73 Å². The molecule has 0 radical (unpaired) electrons. The zero-order valence-electron chi connectivity index (χ0n) is 16.1. The van der Waals surface area contributed by atoms with Gasteiger partial charge < -0.3 is 9.96 Å². The van der Waals surface area contributed by atoms with E-state index in [9.17, 15) is 4.79 Å². The summed E-state index contributed by atoms with van der Waals surface area (Å²) in [5.41, 5.74) is 12.4. The van der Waals surface area contributed by atoms with Crippen LogP contribution in [0.15, 0.2) is 17.4 Å². The van der Waals surface area contributed by atoms with Gasteiger partial charge in [-0.05, 0) is 50.0 Å². The number of hydrogen-bond acceptors (Lipinski definition) is 3. The van der Waals surface area contributed by atoms with Crippen LogP contribution in [-0.4, -0.2) is 30.7 Å². The molecular formula is C18H29N3O2Si. The highest BCUT2D eigenvalue weighted by Gasteiger charge is 2.39. The first-order valence-corrected chi connectivity index (χ1v) is 11.0. The number of rotatable bonds is 7. The third-order valence-corrected chi connectivity index (χ3v) is 8.79. The smallest absolute Gasteiger partial charge is 0.410 e. The lowest BCUT2D eigenvalue weighted by molar-refractivity contribution is -0.120. The zero-order valence-corrected chi connectivity index (χ0v) is 17.1. The topological polar surface area (TPSA) is 86.5 Å². The van der Waals surface area contributed by atoms with Crippen molar-refractivity contribution in [3.8, 4) is 6.07 Å². The molecule has 0 spiro atoms. The van der Waals surface area contributed by atoms with Gasteiger partial charge >= 0.3 is 5.71 Å². The molecule has 6 heteroatoms. The molecule has 0 aromatic carbocycles. The van der Waals surface area contributed by atoms with Gasteiger partial charge in [0.1, 0.15) is 0 Å². The molecule has 0 N–H and O–H groups in total. The fraction of sp³-hybridized carbons (Fsp3) is 0.667. The molecule has 0 aliphatic rings. The van der Waals surface area contributed by atoms with Crippen molar-refractivity contribution in [1.82, 2.24) is 0 Å². The molecule has 132 valence electrons. The molecule has 5 nitrogen and oxygen atoms in total. The predicted octanol–water partition coefficient (Wildman–Crippen LogP) is 4.29. The van der Waals surface area contributed by atoms with E-state index in [-0.39, 0.29) is 11.1 Å². The van der Waals surface area contributed by atoms with Crippen LogP contribution in [0.3, 0.4) is 0 Å². The first-order chi connectivity index (χ1) is 10.9. The monoisotopic (exact) mass is 347 g/mol. The molecular weight excluding hydrogens is 318 g/mol. The average molecular weight is 348 g/mol. The largest absolute Gasteiger partial charge is 0.434 e. The second-order valence-corrected chi connectivity index (χ2v) is 12.5. The lowest BCUT2D eigenvalue weighted by atomic mass is 9.96. The number of ketones is 1. The molecule has 0 saturated carbocycles. The fourth-order valence-electron chi connectivity index (χ4n) is 1.78. The molecule has 0 aliphatic heterocycles. The summed E-state index contributed by atoms with van der Waals surface area (Å²) < 4.78 is 6.39. The molecule has 0 amide bonds. The summed E-state index contributed by atoms with van der Waals surface area (Å²) in [5, 5.41) is 8.88. The summed E-state index contributed by atoms with van der Waals surface area (Å²) in [4.78, 5) is 14.9. The SMILES string of the molecule is CC(C)=C=C[C@H](C[C@@H](C)C(=O)C(C#N)=[N+]=[N-])O[Si](C)(C)C(C)(C)C. The Balaban J connectivity index is 5.47. The Kier molecular flexibility index (Phi) is 8.26. The zero-order chi connectivity index (χ0) is 19.1. The van der Waals surface area contributed by atoms with Gasteiger partial charge in [-0.2, -0.15) is 10.1 Å². The van der Waals surface area contributed by atoms with E-state index in [1.807, 2.05) is 19.9 Å². The Labute approximate surface area is 146 Å². The second kappa shape index (κ2) is 8.91. The van der Waals surface area contributed by atoms with E-state index < -0.39 is 25.7 Å². The number of nitrogens with zero attached hydrogens (tertiary/aromatic N) is 3. The molecule has 0 saturated heterocycles. The molecule has 0 rings (SSSR count). The summed E-state index contributed by atoms with van der Waals surface area (Å²) in [6.07, 6.45) is 1.98. The first kappa shape index (κ1) is 22.2. The maximum Gasteiger partial charge on any atom is 0.434 e. The van der Waals surface area contributed by atoms with Gasteiger partial charge in [0.25, 0.3) is 5.78 Å². The third kappa shape index (κ3) is 6.78. The van der Waals surface area contributed by atoms with E-state index in [0.29, 0.717) is 6.42 Å². The van der Waals surface area contributed by atoms with Gasteiger partial charge in [0.05, 0.1) is 6.10 Å². The summed E-state index contributed by atoms with van der Waals surface area (Å²) in [6, 6.07) is 1.62. The summed E-state index contributed by atoms with van der Waals surface area (Å²) in [6.45, 7) is 16.4. The second-order valence-electron chi connectivity index (χ2n) is 7.79. The fourth-order valence-corrected chi connectivity index (χ4v) is 3.06. The maximum atomic E-state index is 12.1. The van der Waals surface area contributed by atoms with Crippen molar-refractivity contribution < 1.29 is 14.0 Å². The molecule has 0 aromatic rings. The van der Waals surface area contributed by atoms with Gasteiger partial charge in [-0.25, -0.2) is 0 Å². The summed E-state index contributed by atoms with van der Waals surface area (Å²) in [5.74, 6) is -0.963. The lowest BCUT2D eigenvalue weighted by Gasteiger charge is -2.38. The van der Waals surface area contributed by atoms with Crippen molar-refractivity contribution in [2.75, 3.05) is 0 Å². The van der Waals surface area contributed by atoms with Crippen LogP contribution in [0, 0.1) is 17.2 Å². The average Bonchev–Trinajstić information content (AvgIpc) is 2.44. The Bertz CT molecular complexity index is 622. The van der Waals surface area contributed by atoms with Gasteiger partial charge in [0, 0.05) is 5.92 Å². The van der Waals surface area contributed by atoms with Crippen LogP contribution in [-0.2, 0) is 9.22 Å². The van der Waals surface area contributed by atoms with E-state index in [0.717, 1.165) is 5.57 Å². The number of hydrogen-bond donors (Lipinski definition) is 0. The standard InChI is InChI=1S/C18H29N3O2Si/c1-13(2)9-10-15(23-24(7,8)18(4,5)6)11-14(3)17(22)16(12-19)21-20/h10,14-15H,11H2,1-8H3/t14-,15-/m1/s1. The van der Waals surface area contributed by atoms with Gasteiger partial charge in [-0.1, -0.05) is 27.7 Å². The van der Waals surface area contributed by atoms with Gasteiger partial charge in [0.2, 0.25) is 0 Å². The normalized spacial score (nSPS) is 13.8. The van der Waals surface area contributed by atoms with Crippen LogP contribution in [0.5, 0.6) is 0 Å². The summed E-state index contributed by atoms with van der Waals surface area (Å²) in [7, 11) is -2.02. The molecule has 0 unspecified atom stereocenters. The van der Waals surface area contributed by atoms with Crippen LogP contribution in [0.2, 0.25) is 18.1 Å². The minimum absolute atomic E-state index is 0.0433. The summed E-state index contributed by atoms with van der Waals surface area (Å²) >= 11 is 0. The van der Waals surface area contributed by atoms with Crippen LogP contribution in [0.4, 0.5) is 0 Å². The number of carbonyl (C=O) groups is 1. The molecule has 0 fully saturated rings. The quantitative estimate of drug-likeness (QED) is 0.226. The van der Waals surface area contributed by atoms with Crippen molar-refractivity contribution in [3.05, 3.63) is 22.9 Å². The van der Waals surface area contributed by atoms with Crippen LogP contribution in [0.1, 0.15) is 48.0 Å². The van der Waals surface area contributed by atoms with E-state index in [2.05, 4.69) is 44.4 Å². The number of Topliss-reactive ketones (excluding diaryl/α,β-unsaturated/α-hetero) is 1. The molecule has 0 aromatic heterocycles. The molecule has 0 bridgehead atoms. The number of carbonyl (C=O) groups excluding carboxylic acids is 1. The van der Waals surface area contributed by atoms with Crippen molar-refractivity contribution >= 4 is 19.8 Å². The Morgan fingerprint density at radius 3 is 2.29 bits per heavy atom. The molecule has 2 atom stereocenters. The van der Waals surface area contributed by atoms with Crippen molar-refractivity contribution in [3.63, 3.8) is 0 Å². The highest BCUT2D eigenvalue weighted by atomic mass is 28.4. The Hall–Kier alpha value is -1.76. The van der Waals surface area contributed by atoms with Crippen molar-refractivity contribution in [2.24, 2.45) is 5.92 Å². The first-order valence-electron chi connectivity index (χ1n) is 8.10. The Morgan fingerprint density at radius 2 is 1.92 bits per heavy atom. The molecule has 24 heavy (non-hydrogen) atoms. The third-order valence-electron chi connectivity index (χ3n) is 4.28. The minimum atomic E-state index is -2.02. The Morgan fingerprint density at radius 1 is 1.38 bits per heavy atom. The lowest BCUT2D eigenvalue weighted by Crippen LogP contribution is -2.44. The van der Waals surface area contributed by atoms with Crippen molar-refractivity contribution in [2.45, 2.75) is 72.2 Å². The highest BCUT2D eigenvalue weighted by Crippen LogP contribution is 2.38. The van der Waals surface area contributed by atoms with Crippen molar-refractivity contribution in [1.29, 1.82) is 5.26 Å². The highest BCUT2D eigenvalue weighted by molar-refractivity contribution is 6.74. The number of nitriles is 1. The molecule has 0 aliphatic carbocycles. The van der Waals surface area contributed by atoms with Gasteiger partial charge in [0.15, 0.2) is 14.4 Å². The predicted molar refractivity (Wildman–Crippen MR) is 98.0 cm³/mol. The van der Waals surface area contributed by atoms with E-state index >= 15 is 0 Å². The van der Waals surface area contributed by atoms with Crippen LogP contribution >= 0.6 is 0 Å². The van der Waals surface area contributed by atoms with Crippen LogP contribution < -0.4 is 0 Å². The molecule has 0 heterocycles. The van der Waals surface area contributed by atoms with E-state index in [1.54, 1.807) is 13.0 Å². The maximum absolute atomic E-state index is 12.1. The van der Waals surface area contributed by atoms with Crippen LogP contribution in [0.25, 0.3) is 5.53 Å².